The molecule has 5 rings (SSSR count). The molecule has 0 radical (unpaired) electrons. The highest BCUT2D eigenvalue weighted by atomic mass is 16.2. The number of nitrogens with zero attached hydrogens (tertiary/aromatic N) is 5. The molecular weight excluding hydrogens is 392 g/mol. The molecule has 8 nitrogen and oxygen atoms in total. The van der Waals surface area contributed by atoms with Crippen LogP contribution in [0.15, 0.2) is 24.3 Å². The zero-order valence-corrected chi connectivity index (χ0v) is 17.5. The van der Waals surface area contributed by atoms with Gasteiger partial charge in [0.1, 0.15) is 6.04 Å². The molecule has 31 heavy (non-hydrogen) atoms. The van der Waals surface area contributed by atoms with E-state index < -0.39 is 6.04 Å². The fraction of sp³-hybridized carbons (Fsp3) is 0.565. The van der Waals surface area contributed by atoms with Crippen LogP contribution in [0, 0.1) is 23.8 Å². The molecule has 4 aliphatic rings. The van der Waals surface area contributed by atoms with Crippen LogP contribution in [-0.2, 0) is 9.59 Å². The Bertz CT molecular complexity index is 995. The molecular formula is C23H26N6O2. The van der Waals surface area contributed by atoms with Gasteiger partial charge in [-0.3, -0.25) is 14.5 Å². The second kappa shape index (κ2) is 7.33. The highest BCUT2D eigenvalue weighted by Crippen LogP contribution is 2.48. The number of hydrogen-bond donors (Lipinski definition) is 1. The Morgan fingerprint density at radius 3 is 2.71 bits per heavy atom. The van der Waals surface area contributed by atoms with Gasteiger partial charge >= 0.3 is 0 Å². The van der Waals surface area contributed by atoms with Crippen LogP contribution >= 0.6 is 0 Å². The summed E-state index contributed by atoms with van der Waals surface area (Å²) in [5, 5.41) is 9.35. The van der Waals surface area contributed by atoms with Crippen LogP contribution in [0.4, 0.5) is 5.69 Å². The third-order valence-electron chi connectivity index (χ3n) is 7.49. The number of hydrogen-bond acceptors (Lipinski definition) is 5. The van der Waals surface area contributed by atoms with Crippen molar-refractivity contribution in [1.29, 1.82) is 5.26 Å². The van der Waals surface area contributed by atoms with Gasteiger partial charge in [-0.25, -0.2) is 4.85 Å². The number of piperidine rings is 1. The predicted octanol–water partition coefficient (Wildman–Crippen LogP) is 1.42. The first-order valence-corrected chi connectivity index (χ1v) is 10.9. The van der Waals surface area contributed by atoms with E-state index in [1.165, 1.54) is 0 Å². The Hall–Kier alpha value is -2.94. The molecule has 160 valence electrons. The van der Waals surface area contributed by atoms with Gasteiger partial charge in [0.05, 0.1) is 30.8 Å². The molecule has 3 saturated heterocycles. The second-order valence-corrected chi connectivity index (χ2v) is 9.28. The van der Waals surface area contributed by atoms with E-state index >= 15 is 0 Å². The Labute approximate surface area is 182 Å². The number of nitrogens with two attached hydrogens (primary N) is 1. The minimum Gasteiger partial charge on any atom is -0.330 e. The number of rotatable bonds is 5. The monoisotopic (exact) mass is 418 g/mol. The Morgan fingerprint density at radius 2 is 2.06 bits per heavy atom. The highest BCUT2D eigenvalue weighted by molar-refractivity contribution is 5.87. The van der Waals surface area contributed by atoms with E-state index in [0.29, 0.717) is 24.7 Å². The highest BCUT2D eigenvalue weighted by Gasteiger charge is 2.56. The molecule has 4 fully saturated rings. The minimum atomic E-state index is -0.714. The Morgan fingerprint density at radius 1 is 1.32 bits per heavy atom. The van der Waals surface area contributed by atoms with E-state index in [0.717, 1.165) is 24.8 Å². The molecule has 1 unspecified atom stereocenters. The minimum absolute atomic E-state index is 0.0625. The van der Waals surface area contributed by atoms with E-state index in [-0.39, 0.29) is 42.0 Å². The van der Waals surface area contributed by atoms with Crippen LogP contribution in [0.25, 0.3) is 4.85 Å². The fourth-order valence-electron chi connectivity index (χ4n) is 5.80. The number of benzene rings is 1. The number of fused-ring (bicyclic) bond motifs is 3. The second-order valence-electron chi connectivity index (χ2n) is 9.28. The molecule has 1 saturated carbocycles. The zero-order chi connectivity index (χ0) is 21.9. The van der Waals surface area contributed by atoms with Crippen molar-refractivity contribution < 1.29 is 9.59 Å². The third-order valence-corrected chi connectivity index (χ3v) is 7.49. The van der Waals surface area contributed by atoms with Crippen molar-refractivity contribution in [1.82, 2.24) is 14.7 Å². The number of amides is 2. The molecule has 1 aromatic carbocycles. The van der Waals surface area contributed by atoms with Gasteiger partial charge < -0.3 is 15.5 Å². The van der Waals surface area contributed by atoms with E-state index in [1.54, 1.807) is 17.0 Å². The van der Waals surface area contributed by atoms with Crippen LogP contribution in [0.5, 0.6) is 0 Å². The lowest BCUT2D eigenvalue weighted by Crippen LogP contribution is -2.57. The SMILES string of the molecule is [C-]#[N+]c1ccc([C@H](C)N2C(=O)[C@@H]3CC2CN3C[C@H](N)C(=O)N2[C@H](C#N)C[C@@H]3C[C@@H]32)cc1. The Kier molecular flexibility index (Phi) is 4.73. The average Bonchev–Trinajstić information content (AvgIpc) is 3.11. The first-order chi connectivity index (χ1) is 14.9. The number of likely N-dealkylation sites (tertiary alicyclic amines) is 3. The largest absolute Gasteiger partial charge is 0.330 e. The lowest BCUT2D eigenvalue weighted by atomic mass is 10.0. The fourth-order valence-corrected chi connectivity index (χ4v) is 5.80. The number of carbonyl (C=O) groups excluding carboxylic acids is 2. The summed E-state index contributed by atoms with van der Waals surface area (Å²) >= 11 is 0. The molecule has 3 heterocycles. The van der Waals surface area contributed by atoms with E-state index in [2.05, 4.69) is 10.9 Å². The van der Waals surface area contributed by atoms with Crippen LogP contribution < -0.4 is 5.73 Å². The topological polar surface area (TPSA) is 98.0 Å². The summed E-state index contributed by atoms with van der Waals surface area (Å²) in [5.74, 6) is 0.386. The predicted molar refractivity (Wildman–Crippen MR) is 112 cm³/mol. The molecule has 0 aromatic heterocycles. The maximum absolute atomic E-state index is 13.1. The molecule has 0 spiro atoms. The number of carbonyl (C=O) groups is 2. The number of nitriles is 1. The van der Waals surface area contributed by atoms with Gasteiger partial charge in [-0.1, -0.05) is 24.3 Å². The maximum atomic E-state index is 13.1. The molecule has 1 aliphatic carbocycles. The van der Waals surface area contributed by atoms with Crippen LogP contribution in [0.1, 0.15) is 37.8 Å². The molecule has 2 bridgehead atoms. The van der Waals surface area contributed by atoms with Gasteiger partial charge in [0.25, 0.3) is 0 Å². The number of piperazine rings is 1. The summed E-state index contributed by atoms with van der Waals surface area (Å²) in [7, 11) is 0. The third kappa shape index (κ3) is 3.18. The van der Waals surface area contributed by atoms with Crippen molar-refractivity contribution in [3.63, 3.8) is 0 Å². The molecule has 2 N–H and O–H groups in total. The normalized spacial score (nSPS) is 33.0. The smallest absolute Gasteiger partial charge is 0.242 e. The van der Waals surface area contributed by atoms with Crippen molar-refractivity contribution in [2.75, 3.05) is 13.1 Å². The molecule has 7 atom stereocenters. The molecule has 8 heteroatoms. The van der Waals surface area contributed by atoms with Crippen molar-refractivity contribution >= 4 is 17.5 Å². The summed E-state index contributed by atoms with van der Waals surface area (Å²) < 4.78 is 0. The van der Waals surface area contributed by atoms with E-state index in [4.69, 9.17) is 12.3 Å². The van der Waals surface area contributed by atoms with Crippen molar-refractivity contribution in [3.05, 3.63) is 41.2 Å². The Balaban J connectivity index is 1.23. The standard InChI is InChI=1S/C23H26N6O2/c1-13(14-3-5-16(26-2)6-4-14)28-18-9-21(23(28)31)27(11-18)12-19(25)22(30)29-17(10-24)7-15-8-20(15)29/h3-6,13,15,17-21H,7-9,11-12,25H2,1H3/t13-,15+,17-,18?,19-,20-,21-/m0/s1. The van der Waals surface area contributed by atoms with Crippen LogP contribution in [0.2, 0.25) is 0 Å². The van der Waals surface area contributed by atoms with Gasteiger partial charge in [0.15, 0.2) is 5.69 Å². The quantitative estimate of drug-likeness (QED) is 0.730. The van der Waals surface area contributed by atoms with E-state index in [9.17, 15) is 14.9 Å². The zero-order valence-electron chi connectivity index (χ0n) is 17.5. The van der Waals surface area contributed by atoms with Gasteiger partial charge in [0.2, 0.25) is 11.8 Å². The lowest BCUT2D eigenvalue weighted by Gasteiger charge is -2.38. The summed E-state index contributed by atoms with van der Waals surface area (Å²) in [4.78, 5) is 35.2. The van der Waals surface area contributed by atoms with Gasteiger partial charge in [-0.15, -0.1) is 0 Å². The molecule has 3 aliphatic heterocycles. The first kappa shape index (κ1) is 20.0. The molecule has 2 amide bonds. The van der Waals surface area contributed by atoms with Crippen LogP contribution in [0.3, 0.4) is 0 Å². The van der Waals surface area contributed by atoms with Gasteiger partial charge in [-0.2, -0.15) is 5.26 Å². The molecule has 1 aromatic rings. The summed E-state index contributed by atoms with van der Waals surface area (Å²) in [6.07, 6.45) is 2.49. The summed E-state index contributed by atoms with van der Waals surface area (Å²) in [5.41, 5.74) is 7.88. The summed E-state index contributed by atoms with van der Waals surface area (Å²) in [6.45, 7) is 10.2. The van der Waals surface area contributed by atoms with Crippen LogP contribution in [-0.4, -0.2) is 69.8 Å². The lowest BCUT2D eigenvalue weighted by molar-refractivity contribution is -0.141. The maximum Gasteiger partial charge on any atom is 0.242 e. The van der Waals surface area contributed by atoms with Crippen molar-refractivity contribution in [2.24, 2.45) is 11.7 Å². The van der Waals surface area contributed by atoms with Gasteiger partial charge in [-0.05, 0) is 37.7 Å². The summed E-state index contributed by atoms with van der Waals surface area (Å²) in [6, 6.07) is 8.54. The van der Waals surface area contributed by atoms with Crippen molar-refractivity contribution in [3.8, 4) is 6.07 Å². The van der Waals surface area contributed by atoms with Crippen molar-refractivity contribution in [2.45, 2.75) is 62.4 Å². The average molecular weight is 419 g/mol. The first-order valence-electron chi connectivity index (χ1n) is 10.9. The van der Waals surface area contributed by atoms with E-state index in [1.807, 2.05) is 28.9 Å². The van der Waals surface area contributed by atoms with Gasteiger partial charge in [0, 0.05) is 25.2 Å².